The highest BCUT2D eigenvalue weighted by molar-refractivity contribution is 8.26. The molecule has 38 heavy (non-hydrogen) atoms. The van der Waals surface area contributed by atoms with Crippen molar-refractivity contribution in [1.82, 2.24) is 19.6 Å². The Kier molecular flexibility index (Phi) is 9.13. The Morgan fingerprint density at radius 2 is 2.08 bits per heavy atom. The quantitative estimate of drug-likeness (QED) is 0.199. The number of carbonyl (C=O) groups excluding carboxylic acids is 3. The lowest BCUT2D eigenvalue weighted by Crippen LogP contribution is -2.57. The minimum Gasteiger partial charge on any atom is -0.466 e. The molecule has 2 fully saturated rings. The summed E-state index contributed by atoms with van der Waals surface area (Å²) >= 11 is 6.54. The van der Waals surface area contributed by atoms with Crippen molar-refractivity contribution in [3.05, 3.63) is 45.2 Å². The van der Waals surface area contributed by atoms with E-state index in [4.69, 9.17) is 26.7 Å². The highest BCUT2D eigenvalue weighted by atomic mass is 32.2. The van der Waals surface area contributed by atoms with E-state index in [1.165, 1.54) is 15.4 Å². The molecule has 0 saturated carbocycles. The molecule has 202 valence electrons. The van der Waals surface area contributed by atoms with Crippen molar-refractivity contribution in [2.75, 3.05) is 44.4 Å². The molecule has 0 bridgehead atoms. The van der Waals surface area contributed by atoms with Crippen molar-refractivity contribution in [2.24, 2.45) is 0 Å². The van der Waals surface area contributed by atoms with Crippen LogP contribution in [-0.4, -0.2) is 81.9 Å². The number of hydrogen-bond donors (Lipinski definition) is 1. The highest BCUT2D eigenvalue weighted by Crippen LogP contribution is 2.34. The summed E-state index contributed by atoms with van der Waals surface area (Å²) in [6.45, 7) is 5.88. The standard InChI is InChI=1S/C25H29N5O6S2/c1-3-35-13-7-11-30-24(34)18(38-25(30)37)14-16-21(27-19-8-5-6-10-29(19)23(16)33)28-12-9-26-22(32)17(28)15-20(31)36-4-2/h5-6,8,10,14,17H,3-4,7,9,11-13,15H2,1-2H3,(H,26,32)/b18-14+/t17-/m1/s1. The predicted octanol–water partition coefficient (Wildman–Crippen LogP) is 1.58. The molecule has 2 aromatic rings. The number of thioether (sulfide) groups is 1. The maximum atomic E-state index is 13.7. The van der Waals surface area contributed by atoms with E-state index < -0.39 is 17.6 Å². The molecule has 1 N–H and O–H groups in total. The Bertz CT molecular complexity index is 1340. The number of hydrogen-bond acceptors (Lipinski definition) is 10. The lowest BCUT2D eigenvalue weighted by molar-refractivity contribution is -0.145. The Balaban J connectivity index is 1.76. The van der Waals surface area contributed by atoms with Crippen molar-refractivity contribution >= 4 is 63.6 Å². The summed E-state index contributed by atoms with van der Waals surface area (Å²) in [5, 5.41) is 2.76. The van der Waals surface area contributed by atoms with Crippen molar-refractivity contribution in [3.8, 4) is 0 Å². The zero-order valence-electron chi connectivity index (χ0n) is 21.2. The summed E-state index contributed by atoms with van der Waals surface area (Å²) < 4.78 is 12.2. The average molecular weight is 560 g/mol. The third kappa shape index (κ3) is 5.89. The SMILES string of the molecule is CCOCCCN1C(=O)/C(=C\c2c(N3CCNC(=O)[C@H]3CC(=O)OCC)nc3ccccn3c2=O)SC1=S. The van der Waals surface area contributed by atoms with E-state index in [2.05, 4.69) is 5.32 Å². The highest BCUT2D eigenvalue weighted by Gasteiger charge is 2.36. The molecule has 0 aliphatic carbocycles. The number of nitrogens with one attached hydrogen (secondary N) is 1. The number of carbonyl (C=O) groups is 3. The first-order chi connectivity index (χ1) is 18.3. The van der Waals surface area contributed by atoms with Crippen LogP contribution in [0.4, 0.5) is 5.82 Å². The van der Waals surface area contributed by atoms with Gasteiger partial charge in [-0.2, -0.15) is 0 Å². The van der Waals surface area contributed by atoms with Crippen LogP contribution in [0.3, 0.4) is 0 Å². The fraction of sp³-hybridized carbons (Fsp3) is 0.440. The van der Waals surface area contributed by atoms with E-state index >= 15 is 0 Å². The maximum absolute atomic E-state index is 13.7. The average Bonchev–Trinajstić information content (AvgIpc) is 3.16. The summed E-state index contributed by atoms with van der Waals surface area (Å²) in [5.74, 6) is -0.996. The zero-order chi connectivity index (χ0) is 27.2. The molecule has 4 heterocycles. The van der Waals surface area contributed by atoms with Crippen LogP contribution in [0.15, 0.2) is 34.1 Å². The first-order valence-electron chi connectivity index (χ1n) is 12.4. The van der Waals surface area contributed by atoms with Crippen LogP contribution in [0.25, 0.3) is 11.7 Å². The van der Waals surface area contributed by atoms with Crippen LogP contribution in [0.2, 0.25) is 0 Å². The number of pyridine rings is 1. The van der Waals surface area contributed by atoms with E-state index in [0.717, 1.165) is 11.8 Å². The van der Waals surface area contributed by atoms with E-state index in [0.29, 0.717) is 49.2 Å². The first kappa shape index (κ1) is 27.7. The molecule has 0 unspecified atom stereocenters. The number of esters is 1. The molecule has 4 rings (SSSR count). The molecule has 0 radical (unpaired) electrons. The second kappa shape index (κ2) is 12.5. The van der Waals surface area contributed by atoms with Crippen molar-refractivity contribution in [3.63, 3.8) is 0 Å². The molecule has 2 saturated heterocycles. The van der Waals surface area contributed by atoms with Gasteiger partial charge in [0.1, 0.15) is 21.8 Å². The minimum absolute atomic E-state index is 0.132. The van der Waals surface area contributed by atoms with E-state index in [1.807, 2.05) is 6.92 Å². The third-order valence-electron chi connectivity index (χ3n) is 6.04. The Hall–Kier alpha value is -3.29. The molecule has 2 aromatic heterocycles. The van der Waals surface area contributed by atoms with Gasteiger partial charge in [-0.05, 0) is 38.5 Å². The van der Waals surface area contributed by atoms with Gasteiger partial charge in [0, 0.05) is 39.0 Å². The van der Waals surface area contributed by atoms with Crippen LogP contribution in [0, 0.1) is 0 Å². The molecular formula is C25H29N5O6S2. The lowest BCUT2D eigenvalue weighted by Gasteiger charge is -2.36. The second-order valence-corrected chi connectivity index (χ2v) is 10.2. The topological polar surface area (TPSA) is 123 Å². The number of amides is 2. The summed E-state index contributed by atoms with van der Waals surface area (Å²) in [5.41, 5.74) is 0.0918. The molecular weight excluding hydrogens is 530 g/mol. The third-order valence-corrected chi connectivity index (χ3v) is 7.42. The molecule has 2 amide bonds. The van der Waals surface area contributed by atoms with Gasteiger partial charge in [0.2, 0.25) is 5.91 Å². The van der Waals surface area contributed by atoms with E-state index in [-0.39, 0.29) is 41.1 Å². The summed E-state index contributed by atoms with van der Waals surface area (Å²) in [4.78, 5) is 60.2. The Morgan fingerprint density at radius 3 is 2.84 bits per heavy atom. The summed E-state index contributed by atoms with van der Waals surface area (Å²) in [6.07, 6.45) is 3.48. The Labute approximate surface area is 229 Å². The van der Waals surface area contributed by atoms with E-state index in [1.54, 1.807) is 36.2 Å². The number of thiocarbonyl (C=S) groups is 1. The summed E-state index contributed by atoms with van der Waals surface area (Å²) in [7, 11) is 0. The van der Waals surface area contributed by atoms with E-state index in [9.17, 15) is 19.2 Å². The largest absolute Gasteiger partial charge is 0.466 e. The zero-order valence-corrected chi connectivity index (χ0v) is 22.8. The van der Waals surface area contributed by atoms with Gasteiger partial charge in [-0.1, -0.05) is 30.0 Å². The number of ether oxygens (including phenoxy) is 2. The molecule has 0 aromatic carbocycles. The van der Waals surface area contributed by atoms with Crippen molar-refractivity contribution < 1.29 is 23.9 Å². The first-order valence-corrected chi connectivity index (χ1v) is 13.6. The van der Waals surface area contributed by atoms with Gasteiger partial charge in [-0.3, -0.25) is 28.5 Å². The Morgan fingerprint density at radius 1 is 1.26 bits per heavy atom. The van der Waals surface area contributed by atoms with Crippen molar-refractivity contribution in [1.29, 1.82) is 0 Å². The lowest BCUT2D eigenvalue weighted by atomic mass is 10.1. The number of piperazine rings is 1. The number of rotatable bonds is 10. The molecule has 2 aliphatic heterocycles. The molecule has 0 spiro atoms. The molecule has 1 atom stereocenters. The van der Waals surface area contributed by atoms with Crippen LogP contribution < -0.4 is 15.8 Å². The monoisotopic (exact) mass is 559 g/mol. The minimum atomic E-state index is -0.930. The predicted molar refractivity (Wildman–Crippen MR) is 148 cm³/mol. The summed E-state index contributed by atoms with van der Waals surface area (Å²) in [6, 6.07) is 4.20. The van der Waals surface area contributed by atoms with Crippen LogP contribution >= 0.6 is 24.0 Å². The number of nitrogens with zero attached hydrogens (tertiary/aromatic N) is 4. The number of aromatic nitrogens is 2. The van der Waals surface area contributed by atoms with Crippen LogP contribution in [0.1, 0.15) is 32.3 Å². The molecule has 11 nitrogen and oxygen atoms in total. The number of fused-ring (bicyclic) bond motifs is 1. The molecule has 2 aliphatic rings. The molecule has 13 heteroatoms. The van der Waals surface area contributed by atoms with Gasteiger partial charge >= 0.3 is 5.97 Å². The fourth-order valence-electron chi connectivity index (χ4n) is 4.28. The fourth-order valence-corrected chi connectivity index (χ4v) is 5.57. The van der Waals surface area contributed by atoms with Gasteiger partial charge < -0.3 is 19.7 Å². The smallest absolute Gasteiger partial charge is 0.308 e. The number of anilines is 1. The van der Waals surface area contributed by atoms with Gasteiger partial charge in [-0.15, -0.1) is 0 Å². The van der Waals surface area contributed by atoms with Gasteiger partial charge in [0.15, 0.2) is 0 Å². The van der Waals surface area contributed by atoms with Crippen LogP contribution in [-0.2, 0) is 23.9 Å². The maximum Gasteiger partial charge on any atom is 0.308 e. The van der Waals surface area contributed by atoms with Gasteiger partial charge in [-0.25, -0.2) is 4.98 Å². The van der Waals surface area contributed by atoms with Gasteiger partial charge in [0.05, 0.1) is 23.5 Å². The second-order valence-electron chi connectivity index (χ2n) is 8.48. The van der Waals surface area contributed by atoms with Gasteiger partial charge in [0.25, 0.3) is 11.5 Å². The van der Waals surface area contributed by atoms with Crippen LogP contribution in [0.5, 0.6) is 0 Å². The normalized spacial score (nSPS) is 18.9. The van der Waals surface area contributed by atoms with Crippen molar-refractivity contribution in [2.45, 2.75) is 32.7 Å².